The van der Waals surface area contributed by atoms with Crippen LogP contribution in [-0.4, -0.2) is 40.6 Å². The average molecular weight is 543 g/mol. The lowest BCUT2D eigenvalue weighted by Gasteiger charge is -2.17. The van der Waals surface area contributed by atoms with Crippen LogP contribution in [0.4, 0.5) is 23.3 Å². The number of hydrogen-bond acceptors (Lipinski definition) is 8. The summed E-state index contributed by atoms with van der Waals surface area (Å²) in [5.74, 6) is 1.45. The topological polar surface area (TPSA) is 144 Å². The number of para-hydroxylation sites is 1. The van der Waals surface area contributed by atoms with Gasteiger partial charge in [0, 0.05) is 59.3 Å². The van der Waals surface area contributed by atoms with Crippen LogP contribution in [-0.2, 0) is 13.6 Å². The van der Waals surface area contributed by atoms with Gasteiger partial charge in [-0.1, -0.05) is 24.3 Å². The van der Waals surface area contributed by atoms with Gasteiger partial charge in [-0.2, -0.15) is 5.10 Å². The summed E-state index contributed by atoms with van der Waals surface area (Å²) in [6.07, 6.45) is 5.17. The van der Waals surface area contributed by atoms with Gasteiger partial charge in [-0.05, 0) is 37.1 Å². The molecule has 4 aromatic heterocycles. The van der Waals surface area contributed by atoms with Crippen LogP contribution in [0.3, 0.4) is 0 Å². The molecule has 0 radical (unpaired) electrons. The first kappa shape index (κ1) is 24.5. The minimum Gasteiger partial charge on any atom is -0.384 e. The van der Waals surface area contributed by atoms with E-state index in [2.05, 4.69) is 30.4 Å². The number of aromatic nitrogens is 7. The first-order valence-corrected chi connectivity index (χ1v) is 13.1. The summed E-state index contributed by atoms with van der Waals surface area (Å²) in [6.45, 7) is 4.38. The van der Waals surface area contributed by atoms with Crippen molar-refractivity contribution in [1.29, 1.82) is 0 Å². The molecule has 0 bridgehead atoms. The molecule has 0 saturated carbocycles. The predicted molar refractivity (Wildman–Crippen MR) is 158 cm³/mol. The van der Waals surface area contributed by atoms with Crippen molar-refractivity contribution in [2.75, 3.05) is 16.0 Å². The molecule has 0 spiro atoms. The van der Waals surface area contributed by atoms with E-state index in [1.165, 1.54) is 6.33 Å². The Hall–Kier alpha value is -5.58. The van der Waals surface area contributed by atoms with E-state index in [4.69, 9.17) is 10.7 Å². The molecule has 41 heavy (non-hydrogen) atoms. The summed E-state index contributed by atoms with van der Waals surface area (Å²) < 4.78 is 1.79. The fourth-order valence-electron chi connectivity index (χ4n) is 5.36. The molecule has 1 aliphatic rings. The largest absolute Gasteiger partial charge is 0.384 e. The molecule has 5 heterocycles. The third-order valence-electron chi connectivity index (χ3n) is 7.50. The van der Waals surface area contributed by atoms with Crippen LogP contribution in [0.2, 0.25) is 0 Å². The van der Waals surface area contributed by atoms with Crippen molar-refractivity contribution in [2.24, 2.45) is 7.05 Å². The van der Waals surface area contributed by atoms with E-state index in [9.17, 15) is 4.79 Å². The molecule has 7 rings (SSSR count). The molecular weight excluding hydrogens is 516 g/mol. The highest BCUT2D eigenvalue weighted by molar-refractivity contribution is 6.15. The molecule has 202 valence electrons. The highest BCUT2D eigenvalue weighted by Gasteiger charge is 2.32. The maximum Gasteiger partial charge on any atom is 0.259 e. The number of carbonyl (C=O) groups excluding carboxylic acids is 1. The number of aromatic amines is 1. The van der Waals surface area contributed by atoms with Gasteiger partial charge in [0.25, 0.3) is 5.91 Å². The fraction of sp³-hybridized carbons (Fsp3) is 0.133. The summed E-state index contributed by atoms with van der Waals surface area (Å²) in [5.41, 5.74) is 14.3. The van der Waals surface area contributed by atoms with Gasteiger partial charge in [0.1, 0.15) is 12.1 Å². The molecule has 11 nitrogen and oxygen atoms in total. The highest BCUT2D eigenvalue weighted by atomic mass is 16.2. The first-order valence-electron chi connectivity index (χ1n) is 13.1. The summed E-state index contributed by atoms with van der Waals surface area (Å²) in [7, 11) is 1.89. The van der Waals surface area contributed by atoms with E-state index in [0.717, 1.165) is 50.2 Å². The van der Waals surface area contributed by atoms with Gasteiger partial charge in [0.15, 0.2) is 5.82 Å². The SMILES string of the molecule is Cc1cnc(Nc2cc(C)n(C)n2)nc1-c1c[nH]c2c(N3Cc4c(cccc4-c4cc(N)ncn4)C3=O)cccc12. The van der Waals surface area contributed by atoms with Crippen LogP contribution >= 0.6 is 0 Å². The lowest BCUT2D eigenvalue weighted by atomic mass is 10.0. The average Bonchev–Trinajstić information content (AvgIpc) is 3.64. The number of H-pyrrole nitrogens is 1. The predicted octanol–water partition coefficient (Wildman–Crippen LogP) is 4.92. The van der Waals surface area contributed by atoms with Crippen molar-refractivity contribution in [3.63, 3.8) is 0 Å². The van der Waals surface area contributed by atoms with Crippen molar-refractivity contribution < 1.29 is 4.79 Å². The van der Waals surface area contributed by atoms with Crippen molar-refractivity contribution >= 4 is 40.1 Å². The number of nitrogen functional groups attached to an aromatic ring is 1. The molecule has 6 aromatic rings. The molecule has 1 amide bonds. The van der Waals surface area contributed by atoms with E-state index in [1.54, 1.807) is 21.8 Å². The number of carbonyl (C=O) groups is 1. The number of nitrogens with one attached hydrogen (secondary N) is 2. The Morgan fingerprint density at radius 3 is 2.63 bits per heavy atom. The van der Waals surface area contributed by atoms with Crippen LogP contribution in [0.5, 0.6) is 0 Å². The minimum absolute atomic E-state index is 0.0668. The quantitative estimate of drug-likeness (QED) is 0.279. The van der Waals surface area contributed by atoms with Crippen LogP contribution < -0.4 is 16.0 Å². The number of hydrogen-bond donors (Lipinski definition) is 3. The zero-order valence-corrected chi connectivity index (χ0v) is 22.7. The number of nitrogens with two attached hydrogens (primary N) is 1. The van der Waals surface area contributed by atoms with Crippen molar-refractivity contribution in [3.8, 4) is 22.5 Å². The van der Waals surface area contributed by atoms with Gasteiger partial charge in [0.05, 0.1) is 29.1 Å². The Labute approximate surface area is 235 Å². The van der Waals surface area contributed by atoms with Crippen LogP contribution in [0.1, 0.15) is 27.2 Å². The third-order valence-corrected chi connectivity index (χ3v) is 7.50. The standard InChI is InChI=1S/C30H26N10O/c1-16-12-33-30(36-26-10-17(2)39(3)38-26)37-27(16)21-13-32-28-19(21)7-5-9-24(28)40-14-22-18(6-4-8-20(22)29(40)41)23-11-25(31)35-15-34-23/h4-13,15,32H,14H2,1-3H3,(H2,31,34,35)(H,33,36,37,38). The van der Waals surface area contributed by atoms with Crippen molar-refractivity contribution in [2.45, 2.75) is 20.4 Å². The Bertz CT molecular complexity index is 1970. The molecule has 0 saturated heterocycles. The molecule has 11 heteroatoms. The van der Waals surface area contributed by atoms with Crippen molar-refractivity contribution in [3.05, 3.63) is 89.6 Å². The van der Waals surface area contributed by atoms with Gasteiger partial charge < -0.3 is 20.9 Å². The van der Waals surface area contributed by atoms with E-state index < -0.39 is 0 Å². The Morgan fingerprint density at radius 1 is 1.00 bits per heavy atom. The number of aryl methyl sites for hydroxylation is 3. The van der Waals surface area contributed by atoms with E-state index >= 15 is 0 Å². The maximum atomic E-state index is 13.7. The normalized spacial score (nSPS) is 12.8. The van der Waals surface area contributed by atoms with Crippen LogP contribution in [0, 0.1) is 13.8 Å². The zero-order valence-electron chi connectivity index (χ0n) is 22.7. The Kier molecular flexibility index (Phi) is 5.53. The molecule has 2 aromatic carbocycles. The van der Waals surface area contributed by atoms with Gasteiger partial charge >= 0.3 is 0 Å². The number of benzene rings is 2. The van der Waals surface area contributed by atoms with Gasteiger partial charge in [-0.15, -0.1) is 0 Å². The van der Waals surface area contributed by atoms with E-state index in [-0.39, 0.29) is 5.91 Å². The molecule has 0 fully saturated rings. The molecule has 0 atom stereocenters. The summed E-state index contributed by atoms with van der Waals surface area (Å²) in [5, 5.41) is 8.61. The smallest absolute Gasteiger partial charge is 0.259 e. The second-order valence-corrected chi connectivity index (χ2v) is 10.1. The van der Waals surface area contributed by atoms with Crippen molar-refractivity contribution in [1.82, 2.24) is 34.7 Å². The fourth-order valence-corrected chi connectivity index (χ4v) is 5.36. The number of anilines is 4. The molecule has 4 N–H and O–H groups in total. The lowest BCUT2D eigenvalue weighted by Crippen LogP contribution is -2.23. The van der Waals surface area contributed by atoms with E-state index in [1.807, 2.05) is 69.6 Å². The lowest BCUT2D eigenvalue weighted by molar-refractivity contribution is 0.0997. The molecular formula is C30H26N10O. The Balaban J connectivity index is 1.26. The zero-order chi connectivity index (χ0) is 28.2. The highest BCUT2D eigenvalue weighted by Crippen LogP contribution is 2.39. The Morgan fingerprint density at radius 2 is 1.83 bits per heavy atom. The summed E-state index contributed by atoms with van der Waals surface area (Å²) in [6, 6.07) is 15.3. The monoisotopic (exact) mass is 542 g/mol. The minimum atomic E-state index is -0.0668. The third kappa shape index (κ3) is 4.06. The van der Waals surface area contributed by atoms with Crippen LogP contribution in [0.25, 0.3) is 33.4 Å². The summed E-state index contributed by atoms with van der Waals surface area (Å²) >= 11 is 0. The van der Waals surface area contributed by atoms with E-state index in [0.29, 0.717) is 35.4 Å². The molecule has 0 unspecified atom stereocenters. The number of nitrogens with zero attached hydrogens (tertiary/aromatic N) is 7. The maximum absolute atomic E-state index is 13.7. The number of fused-ring (bicyclic) bond motifs is 2. The molecule has 1 aliphatic heterocycles. The number of rotatable bonds is 5. The van der Waals surface area contributed by atoms with Crippen LogP contribution in [0.15, 0.2) is 67.3 Å². The number of amides is 1. The van der Waals surface area contributed by atoms with Gasteiger partial charge in [-0.25, -0.2) is 19.9 Å². The van der Waals surface area contributed by atoms with Gasteiger partial charge in [0.2, 0.25) is 5.95 Å². The summed E-state index contributed by atoms with van der Waals surface area (Å²) in [4.78, 5) is 36.6. The first-order chi connectivity index (χ1) is 19.9. The second-order valence-electron chi connectivity index (χ2n) is 10.1. The second kappa shape index (κ2) is 9.26. The molecule has 0 aliphatic carbocycles. The van der Waals surface area contributed by atoms with Gasteiger partial charge in [-0.3, -0.25) is 9.48 Å².